The van der Waals surface area contributed by atoms with Crippen LogP contribution in [0.2, 0.25) is 0 Å². The number of hydrogen-bond donors (Lipinski definition) is 2. The summed E-state index contributed by atoms with van der Waals surface area (Å²) in [7, 11) is 0. The standard InChI is InChI=1S/C12H22N4O4/c1-2-20-12(19)16-7-5-15(6-8-16)11(18)9(13)3-4-10(14)17/h9H,2-8,13H2,1H3,(H2,14,17). The lowest BCUT2D eigenvalue weighted by Gasteiger charge is -2.35. The predicted molar refractivity (Wildman–Crippen MR) is 71.6 cm³/mol. The Hall–Kier alpha value is -1.83. The Morgan fingerprint density at radius 2 is 1.70 bits per heavy atom. The van der Waals surface area contributed by atoms with Crippen LogP contribution in [-0.2, 0) is 14.3 Å². The molecule has 1 heterocycles. The van der Waals surface area contributed by atoms with Crippen molar-refractivity contribution in [2.75, 3.05) is 32.8 Å². The van der Waals surface area contributed by atoms with Gasteiger partial charge in [-0.2, -0.15) is 0 Å². The van der Waals surface area contributed by atoms with E-state index < -0.39 is 11.9 Å². The van der Waals surface area contributed by atoms with E-state index >= 15 is 0 Å². The summed E-state index contributed by atoms with van der Waals surface area (Å²) in [5, 5.41) is 0. The average molecular weight is 286 g/mol. The minimum Gasteiger partial charge on any atom is -0.450 e. The van der Waals surface area contributed by atoms with Gasteiger partial charge in [-0.05, 0) is 13.3 Å². The van der Waals surface area contributed by atoms with Crippen LogP contribution in [0.4, 0.5) is 4.79 Å². The fraction of sp³-hybridized carbons (Fsp3) is 0.750. The molecule has 8 heteroatoms. The van der Waals surface area contributed by atoms with Crippen molar-refractivity contribution >= 4 is 17.9 Å². The monoisotopic (exact) mass is 286 g/mol. The molecule has 0 bridgehead atoms. The van der Waals surface area contributed by atoms with E-state index in [0.29, 0.717) is 32.8 Å². The van der Waals surface area contributed by atoms with Crippen molar-refractivity contribution in [2.24, 2.45) is 11.5 Å². The Bertz CT molecular complexity index is 366. The molecule has 8 nitrogen and oxygen atoms in total. The van der Waals surface area contributed by atoms with Crippen LogP contribution in [0, 0.1) is 0 Å². The maximum atomic E-state index is 12.0. The molecule has 20 heavy (non-hydrogen) atoms. The summed E-state index contributed by atoms with van der Waals surface area (Å²) < 4.78 is 4.90. The number of hydrogen-bond acceptors (Lipinski definition) is 5. The smallest absolute Gasteiger partial charge is 0.409 e. The third-order valence-corrected chi connectivity index (χ3v) is 3.14. The van der Waals surface area contributed by atoms with Crippen LogP contribution < -0.4 is 11.5 Å². The second-order valence-corrected chi connectivity index (χ2v) is 4.62. The first-order chi connectivity index (χ1) is 9.45. The molecule has 0 aromatic heterocycles. The highest BCUT2D eigenvalue weighted by molar-refractivity contribution is 5.83. The number of primary amides is 1. The van der Waals surface area contributed by atoms with Gasteiger partial charge >= 0.3 is 6.09 Å². The van der Waals surface area contributed by atoms with E-state index in [2.05, 4.69) is 0 Å². The number of ether oxygens (including phenoxy) is 1. The van der Waals surface area contributed by atoms with Crippen LogP contribution in [-0.4, -0.2) is 66.5 Å². The van der Waals surface area contributed by atoms with E-state index in [1.54, 1.807) is 16.7 Å². The molecule has 0 saturated carbocycles. The molecular formula is C12H22N4O4. The molecule has 0 aromatic carbocycles. The Morgan fingerprint density at radius 3 is 2.20 bits per heavy atom. The summed E-state index contributed by atoms with van der Waals surface area (Å²) in [4.78, 5) is 37.4. The van der Waals surface area contributed by atoms with E-state index in [-0.39, 0.29) is 24.8 Å². The van der Waals surface area contributed by atoms with Crippen molar-refractivity contribution in [3.8, 4) is 0 Å². The SMILES string of the molecule is CCOC(=O)N1CCN(C(=O)C(N)CCC(N)=O)CC1. The van der Waals surface area contributed by atoms with Crippen LogP contribution in [0.1, 0.15) is 19.8 Å². The van der Waals surface area contributed by atoms with Gasteiger partial charge < -0.3 is 26.0 Å². The molecule has 1 fully saturated rings. The Balaban J connectivity index is 2.38. The van der Waals surface area contributed by atoms with Crippen LogP contribution in [0.15, 0.2) is 0 Å². The summed E-state index contributed by atoms with van der Waals surface area (Å²) in [5.74, 6) is -0.685. The molecule has 0 radical (unpaired) electrons. The van der Waals surface area contributed by atoms with Gasteiger partial charge in [0, 0.05) is 32.6 Å². The van der Waals surface area contributed by atoms with Crippen molar-refractivity contribution < 1.29 is 19.1 Å². The third-order valence-electron chi connectivity index (χ3n) is 3.14. The Morgan fingerprint density at radius 1 is 1.15 bits per heavy atom. The zero-order valence-electron chi connectivity index (χ0n) is 11.7. The molecule has 1 saturated heterocycles. The molecular weight excluding hydrogens is 264 g/mol. The molecule has 1 atom stereocenters. The molecule has 3 amide bonds. The van der Waals surface area contributed by atoms with E-state index in [9.17, 15) is 14.4 Å². The lowest BCUT2D eigenvalue weighted by Crippen LogP contribution is -2.54. The van der Waals surface area contributed by atoms with Gasteiger partial charge in [0.05, 0.1) is 12.6 Å². The van der Waals surface area contributed by atoms with Crippen LogP contribution in [0.5, 0.6) is 0 Å². The highest BCUT2D eigenvalue weighted by atomic mass is 16.6. The normalized spacial score (nSPS) is 16.7. The van der Waals surface area contributed by atoms with Gasteiger partial charge in [-0.15, -0.1) is 0 Å². The van der Waals surface area contributed by atoms with Crippen molar-refractivity contribution in [3.63, 3.8) is 0 Å². The van der Waals surface area contributed by atoms with Gasteiger partial charge in [0.2, 0.25) is 11.8 Å². The second-order valence-electron chi connectivity index (χ2n) is 4.62. The van der Waals surface area contributed by atoms with E-state index in [1.807, 2.05) is 0 Å². The lowest BCUT2D eigenvalue weighted by atomic mass is 10.1. The second kappa shape index (κ2) is 7.68. The van der Waals surface area contributed by atoms with Crippen LogP contribution in [0.25, 0.3) is 0 Å². The molecule has 1 aliphatic heterocycles. The number of amides is 3. The fourth-order valence-electron chi connectivity index (χ4n) is 1.98. The largest absolute Gasteiger partial charge is 0.450 e. The van der Waals surface area contributed by atoms with Crippen molar-refractivity contribution in [2.45, 2.75) is 25.8 Å². The minimum absolute atomic E-state index is 0.0930. The first-order valence-corrected chi connectivity index (χ1v) is 6.70. The summed E-state index contributed by atoms with van der Waals surface area (Å²) in [6.07, 6.45) is -0.0280. The summed E-state index contributed by atoms with van der Waals surface area (Å²) >= 11 is 0. The summed E-state index contributed by atoms with van der Waals surface area (Å²) in [6.45, 7) is 3.76. The number of piperazine rings is 1. The molecule has 0 aliphatic carbocycles. The average Bonchev–Trinajstić information content (AvgIpc) is 2.44. The van der Waals surface area contributed by atoms with E-state index in [1.165, 1.54) is 0 Å². The summed E-state index contributed by atoms with van der Waals surface area (Å²) in [6, 6.07) is -0.725. The molecule has 1 aliphatic rings. The van der Waals surface area contributed by atoms with Crippen LogP contribution >= 0.6 is 0 Å². The van der Waals surface area contributed by atoms with Gasteiger partial charge in [-0.25, -0.2) is 4.79 Å². The van der Waals surface area contributed by atoms with Crippen LogP contribution in [0.3, 0.4) is 0 Å². The van der Waals surface area contributed by atoms with Crippen molar-refractivity contribution in [1.82, 2.24) is 9.80 Å². The maximum Gasteiger partial charge on any atom is 0.409 e. The zero-order chi connectivity index (χ0) is 15.1. The fourth-order valence-corrected chi connectivity index (χ4v) is 1.98. The van der Waals surface area contributed by atoms with Gasteiger partial charge in [0.15, 0.2) is 0 Å². The highest BCUT2D eigenvalue weighted by Crippen LogP contribution is 2.07. The first kappa shape index (κ1) is 16.2. The lowest BCUT2D eigenvalue weighted by molar-refractivity contribution is -0.134. The Kier molecular flexibility index (Phi) is 6.23. The van der Waals surface area contributed by atoms with Crippen molar-refractivity contribution in [3.05, 3.63) is 0 Å². The molecule has 1 unspecified atom stereocenters. The van der Waals surface area contributed by atoms with Gasteiger partial charge in [-0.3, -0.25) is 9.59 Å². The third kappa shape index (κ3) is 4.69. The molecule has 114 valence electrons. The predicted octanol–water partition coefficient (Wildman–Crippen LogP) is -1.12. The Labute approximate surface area is 118 Å². The molecule has 1 rings (SSSR count). The van der Waals surface area contributed by atoms with E-state index in [4.69, 9.17) is 16.2 Å². The van der Waals surface area contributed by atoms with Gasteiger partial charge in [-0.1, -0.05) is 0 Å². The maximum absolute atomic E-state index is 12.0. The summed E-state index contributed by atoms with van der Waals surface area (Å²) in [5.41, 5.74) is 10.8. The number of nitrogens with zero attached hydrogens (tertiary/aromatic N) is 2. The quantitative estimate of drug-likeness (QED) is 0.663. The minimum atomic E-state index is -0.725. The number of rotatable bonds is 5. The molecule has 4 N–H and O–H groups in total. The number of carbonyl (C=O) groups is 3. The van der Waals surface area contributed by atoms with E-state index in [0.717, 1.165) is 0 Å². The first-order valence-electron chi connectivity index (χ1n) is 6.70. The number of carbonyl (C=O) groups excluding carboxylic acids is 3. The highest BCUT2D eigenvalue weighted by Gasteiger charge is 2.27. The molecule has 0 spiro atoms. The zero-order valence-corrected chi connectivity index (χ0v) is 11.7. The van der Waals surface area contributed by atoms with Gasteiger partial charge in [0.1, 0.15) is 0 Å². The number of nitrogens with two attached hydrogens (primary N) is 2. The molecule has 0 aromatic rings. The van der Waals surface area contributed by atoms with Crippen molar-refractivity contribution in [1.29, 1.82) is 0 Å². The topological polar surface area (TPSA) is 119 Å². The van der Waals surface area contributed by atoms with Gasteiger partial charge in [0.25, 0.3) is 0 Å².